The molecule has 0 bridgehead atoms. The van der Waals surface area contributed by atoms with Crippen molar-refractivity contribution >= 4 is 35.2 Å². The first-order valence-corrected chi connectivity index (χ1v) is 13.2. The van der Waals surface area contributed by atoms with E-state index in [9.17, 15) is 24.0 Å². The van der Waals surface area contributed by atoms with Crippen molar-refractivity contribution in [1.29, 1.82) is 0 Å². The fourth-order valence-corrected chi connectivity index (χ4v) is 4.20. The smallest absolute Gasteiger partial charge is 0.324 e. The number of carbonyl (C=O) groups is 5. The summed E-state index contributed by atoms with van der Waals surface area (Å²) in [4.78, 5) is 66.3. The molecule has 1 N–H and O–H groups in total. The molecule has 0 saturated carbocycles. The van der Waals surface area contributed by atoms with Gasteiger partial charge in [-0.25, -0.2) is 9.69 Å². The zero-order valence-corrected chi connectivity index (χ0v) is 22.2. The summed E-state index contributed by atoms with van der Waals surface area (Å²) in [6.45, 7) is 7.10. The summed E-state index contributed by atoms with van der Waals surface area (Å²) < 4.78 is 0. The molecular weight excluding hydrogens is 458 g/mol. The van der Waals surface area contributed by atoms with E-state index in [1.807, 2.05) is 0 Å². The number of hydrogen-bond donors (Lipinski definition) is 1. The summed E-state index contributed by atoms with van der Waals surface area (Å²) in [6.07, 6.45) is 10.9. The van der Waals surface area contributed by atoms with Crippen molar-refractivity contribution in [2.24, 2.45) is 5.41 Å². The third-order valence-corrected chi connectivity index (χ3v) is 6.35. The van der Waals surface area contributed by atoms with Gasteiger partial charge in [0, 0.05) is 17.6 Å². The summed E-state index contributed by atoms with van der Waals surface area (Å²) in [5, 5.41) is 2.59. The average molecular weight is 500 g/mol. The van der Waals surface area contributed by atoms with Crippen molar-refractivity contribution in [3.05, 3.63) is 30.3 Å². The lowest BCUT2D eigenvalue weighted by Crippen LogP contribution is -2.55. The minimum Gasteiger partial charge on any atom is -0.324 e. The normalized spacial score (nSPS) is 14.9. The highest BCUT2D eigenvalue weighted by Gasteiger charge is 2.53. The molecule has 1 saturated heterocycles. The monoisotopic (exact) mass is 499 g/mol. The summed E-state index contributed by atoms with van der Waals surface area (Å²) in [5.74, 6) is -3.57. The molecular formula is C28H41N3O5. The molecule has 0 aliphatic carbocycles. The second-order valence-electron chi connectivity index (χ2n) is 10.5. The highest BCUT2D eigenvalue weighted by molar-refractivity contribution is 6.46. The Hall–Kier alpha value is -3.03. The molecule has 198 valence electrons. The number of urea groups is 1. The van der Waals surface area contributed by atoms with Crippen LogP contribution >= 0.6 is 0 Å². The molecule has 1 atom stereocenters. The molecule has 8 heteroatoms. The maximum Gasteiger partial charge on any atom is 0.335 e. The van der Waals surface area contributed by atoms with E-state index in [0.717, 1.165) is 24.2 Å². The van der Waals surface area contributed by atoms with Crippen LogP contribution in [0.4, 0.5) is 10.5 Å². The van der Waals surface area contributed by atoms with Gasteiger partial charge in [0.1, 0.15) is 0 Å². The molecule has 36 heavy (non-hydrogen) atoms. The van der Waals surface area contributed by atoms with Crippen molar-refractivity contribution < 1.29 is 24.0 Å². The lowest BCUT2D eigenvalue weighted by atomic mass is 9.85. The molecule has 1 aromatic rings. The van der Waals surface area contributed by atoms with Gasteiger partial charge in [0.2, 0.25) is 0 Å². The van der Waals surface area contributed by atoms with E-state index in [1.165, 1.54) is 38.5 Å². The number of Topliss-reactive ketones (excluding diaryl/α,β-unsaturated/α-hetero) is 1. The Morgan fingerprint density at radius 3 is 1.86 bits per heavy atom. The number of para-hydroxylation sites is 1. The van der Waals surface area contributed by atoms with Gasteiger partial charge in [-0.15, -0.1) is 0 Å². The van der Waals surface area contributed by atoms with Crippen molar-refractivity contribution in [1.82, 2.24) is 9.80 Å². The van der Waals surface area contributed by atoms with E-state index in [-0.39, 0.29) is 6.54 Å². The Balaban J connectivity index is 2.00. The highest BCUT2D eigenvalue weighted by atomic mass is 16.2. The van der Waals surface area contributed by atoms with Crippen LogP contribution in [0.5, 0.6) is 0 Å². The van der Waals surface area contributed by atoms with Crippen LogP contribution in [0.2, 0.25) is 0 Å². The minimum atomic E-state index is -1.73. The largest absolute Gasteiger partial charge is 0.335 e. The first-order valence-electron chi connectivity index (χ1n) is 13.2. The Bertz CT molecular complexity index is 923. The summed E-state index contributed by atoms with van der Waals surface area (Å²) in [7, 11) is 0. The average Bonchev–Trinajstić information content (AvgIpc) is 3.04. The second kappa shape index (κ2) is 13.9. The molecule has 8 nitrogen and oxygen atoms in total. The molecule has 0 aromatic heterocycles. The second-order valence-corrected chi connectivity index (χ2v) is 10.5. The number of benzene rings is 1. The van der Waals surface area contributed by atoms with Crippen LogP contribution in [0.25, 0.3) is 0 Å². The van der Waals surface area contributed by atoms with E-state index < -0.39 is 41.0 Å². The van der Waals surface area contributed by atoms with Crippen molar-refractivity contribution in [3.63, 3.8) is 0 Å². The van der Waals surface area contributed by atoms with Crippen LogP contribution in [0.1, 0.15) is 91.9 Å². The Morgan fingerprint density at radius 1 is 0.806 bits per heavy atom. The van der Waals surface area contributed by atoms with Gasteiger partial charge >= 0.3 is 17.8 Å². The SMILES string of the molecule is CCCCCCCCCCCCN1C(=O)C(=O)N(C(C(=O)Nc2ccccc2)C(=O)C(C)(C)C)C1=O. The van der Waals surface area contributed by atoms with Gasteiger partial charge in [-0.05, 0) is 18.6 Å². The van der Waals surface area contributed by atoms with Crippen LogP contribution < -0.4 is 5.32 Å². The number of carbonyl (C=O) groups excluding carboxylic acids is 5. The fraction of sp³-hybridized carbons (Fsp3) is 0.607. The maximum atomic E-state index is 13.2. The highest BCUT2D eigenvalue weighted by Crippen LogP contribution is 2.25. The first-order chi connectivity index (χ1) is 17.1. The Kier molecular flexibility index (Phi) is 11.3. The topological polar surface area (TPSA) is 104 Å². The number of rotatable bonds is 15. The molecule has 5 amide bonds. The number of anilines is 1. The zero-order valence-electron chi connectivity index (χ0n) is 22.2. The van der Waals surface area contributed by atoms with E-state index in [0.29, 0.717) is 17.0 Å². The van der Waals surface area contributed by atoms with Crippen molar-refractivity contribution in [2.45, 2.75) is 97.9 Å². The van der Waals surface area contributed by atoms with Gasteiger partial charge in [-0.1, -0.05) is 104 Å². The van der Waals surface area contributed by atoms with E-state index >= 15 is 0 Å². The Morgan fingerprint density at radius 2 is 1.33 bits per heavy atom. The van der Waals surface area contributed by atoms with Gasteiger partial charge in [0.15, 0.2) is 11.8 Å². The van der Waals surface area contributed by atoms with Gasteiger partial charge < -0.3 is 5.32 Å². The van der Waals surface area contributed by atoms with Gasteiger partial charge in [0.25, 0.3) is 5.91 Å². The first kappa shape index (κ1) is 29.2. The van der Waals surface area contributed by atoms with Crippen LogP contribution in [0.15, 0.2) is 30.3 Å². The quantitative estimate of drug-likeness (QED) is 0.152. The van der Waals surface area contributed by atoms with Crippen LogP contribution in [0, 0.1) is 5.41 Å². The minimum absolute atomic E-state index is 0.0904. The third kappa shape index (κ3) is 8.00. The van der Waals surface area contributed by atoms with Crippen LogP contribution in [0.3, 0.4) is 0 Å². The van der Waals surface area contributed by atoms with Crippen molar-refractivity contribution in [3.8, 4) is 0 Å². The van der Waals surface area contributed by atoms with E-state index in [2.05, 4.69) is 12.2 Å². The van der Waals surface area contributed by atoms with Crippen LogP contribution in [-0.4, -0.2) is 51.9 Å². The molecule has 0 radical (unpaired) electrons. The third-order valence-electron chi connectivity index (χ3n) is 6.35. The van der Waals surface area contributed by atoms with Crippen molar-refractivity contribution in [2.75, 3.05) is 11.9 Å². The summed E-state index contributed by atoms with van der Waals surface area (Å²) >= 11 is 0. The predicted molar refractivity (Wildman–Crippen MR) is 139 cm³/mol. The summed E-state index contributed by atoms with van der Waals surface area (Å²) in [6, 6.07) is 5.81. The molecule has 1 fully saturated rings. The standard InChI is InChI=1S/C28H41N3O5/c1-5-6-7-8-9-10-11-12-13-17-20-30-25(34)26(35)31(27(30)36)22(23(32)28(2,3)4)24(33)29-21-18-15-14-16-19-21/h14-16,18-19,22H,5-13,17,20H2,1-4H3,(H,29,33). The van der Waals surface area contributed by atoms with Gasteiger partial charge in [-0.2, -0.15) is 0 Å². The number of hydrogen-bond acceptors (Lipinski definition) is 5. The molecule has 1 aromatic carbocycles. The summed E-state index contributed by atoms with van der Waals surface area (Å²) in [5.41, 5.74) is -0.603. The Labute approximate surface area is 214 Å². The fourth-order valence-electron chi connectivity index (χ4n) is 4.20. The lowest BCUT2D eigenvalue weighted by Gasteiger charge is -2.29. The molecule has 1 unspecified atom stereocenters. The number of nitrogens with zero attached hydrogens (tertiary/aromatic N) is 2. The van der Waals surface area contributed by atoms with E-state index in [4.69, 9.17) is 0 Å². The number of amides is 5. The van der Waals surface area contributed by atoms with Gasteiger partial charge in [0.05, 0.1) is 0 Å². The number of unbranched alkanes of at least 4 members (excludes halogenated alkanes) is 9. The number of ketones is 1. The lowest BCUT2D eigenvalue weighted by molar-refractivity contribution is -0.148. The molecule has 1 aliphatic rings. The van der Waals surface area contributed by atoms with Crippen LogP contribution in [-0.2, 0) is 19.2 Å². The van der Waals surface area contributed by atoms with Gasteiger partial charge in [-0.3, -0.25) is 24.1 Å². The zero-order chi connectivity index (χ0) is 26.7. The molecule has 1 heterocycles. The van der Waals surface area contributed by atoms with E-state index in [1.54, 1.807) is 51.1 Å². The number of imide groups is 2. The molecule has 0 spiro atoms. The maximum absolute atomic E-state index is 13.2. The molecule has 1 aliphatic heterocycles. The molecule has 2 rings (SSSR count). The number of nitrogens with one attached hydrogen (secondary N) is 1. The predicted octanol–water partition coefficient (Wildman–Crippen LogP) is 5.32.